The van der Waals surface area contributed by atoms with Gasteiger partial charge in [0.25, 0.3) is 0 Å². The van der Waals surface area contributed by atoms with Crippen LogP contribution >= 0.6 is 0 Å². The van der Waals surface area contributed by atoms with E-state index in [1.54, 1.807) is 0 Å². The first-order valence-corrected chi connectivity index (χ1v) is 9.36. The molecule has 0 amide bonds. The molecule has 132 valence electrons. The monoisotopic (exact) mass is 343 g/mol. The summed E-state index contributed by atoms with van der Waals surface area (Å²) < 4.78 is 2.24. The number of pyridine rings is 1. The van der Waals surface area contributed by atoms with Crippen LogP contribution in [0.3, 0.4) is 0 Å². The van der Waals surface area contributed by atoms with Crippen molar-refractivity contribution < 1.29 is 0 Å². The van der Waals surface area contributed by atoms with Crippen molar-refractivity contribution in [3.63, 3.8) is 0 Å². The number of rotatable bonds is 5. The van der Waals surface area contributed by atoms with E-state index in [0.29, 0.717) is 0 Å². The van der Waals surface area contributed by atoms with Crippen molar-refractivity contribution in [1.82, 2.24) is 14.9 Å². The number of fused-ring (bicyclic) bond motifs is 1. The fourth-order valence-electron chi connectivity index (χ4n) is 3.59. The quantitative estimate of drug-likeness (QED) is 0.687. The molecule has 0 aliphatic heterocycles. The molecule has 4 rings (SSSR count). The van der Waals surface area contributed by atoms with Crippen molar-refractivity contribution in [2.24, 2.45) is 0 Å². The molecular formula is C23H25N3. The third-order valence-corrected chi connectivity index (χ3v) is 5.19. The molecule has 3 heteroatoms. The van der Waals surface area contributed by atoms with E-state index in [2.05, 4.69) is 71.2 Å². The van der Waals surface area contributed by atoms with Crippen LogP contribution in [-0.2, 0) is 6.54 Å². The van der Waals surface area contributed by atoms with Crippen LogP contribution in [0.15, 0.2) is 61.3 Å². The highest BCUT2D eigenvalue weighted by Gasteiger charge is 2.10. The van der Waals surface area contributed by atoms with E-state index in [0.717, 1.165) is 35.6 Å². The van der Waals surface area contributed by atoms with Crippen LogP contribution in [0.1, 0.15) is 42.5 Å². The van der Waals surface area contributed by atoms with Gasteiger partial charge in [-0.2, -0.15) is 0 Å². The van der Waals surface area contributed by atoms with Gasteiger partial charge in [-0.05, 0) is 60.6 Å². The predicted molar refractivity (Wildman–Crippen MR) is 110 cm³/mol. The summed E-state index contributed by atoms with van der Waals surface area (Å²) in [5.41, 5.74) is 6.93. The van der Waals surface area contributed by atoms with Crippen molar-refractivity contribution in [3.8, 4) is 0 Å². The molecule has 0 atom stereocenters. The molecule has 0 bridgehead atoms. The van der Waals surface area contributed by atoms with Crippen molar-refractivity contribution in [2.75, 3.05) is 7.05 Å². The molecule has 3 aromatic rings. The predicted octanol–water partition coefficient (Wildman–Crippen LogP) is 5.23. The van der Waals surface area contributed by atoms with Gasteiger partial charge in [0.15, 0.2) is 0 Å². The summed E-state index contributed by atoms with van der Waals surface area (Å²) in [6.07, 6.45) is 9.40. The van der Waals surface area contributed by atoms with E-state index in [1.165, 1.54) is 35.8 Å². The Hall–Kier alpha value is -2.81. The molecule has 26 heavy (non-hydrogen) atoms. The van der Waals surface area contributed by atoms with Gasteiger partial charge >= 0.3 is 0 Å². The Kier molecular flexibility index (Phi) is 4.61. The number of aromatic nitrogens is 2. The van der Waals surface area contributed by atoms with Crippen molar-refractivity contribution in [2.45, 2.75) is 32.2 Å². The van der Waals surface area contributed by atoms with Crippen molar-refractivity contribution in [3.05, 3.63) is 78.1 Å². The van der Waals surface area contributed by atoms with Crippen LogP contribution in [-0.4, -0.2) is 16.6 Å². The first-order valence-electron chi connectivity index (χ1n) is 9.36. The summed E-state index contributed by atoms with van der Waals surface area (Å²) in [6, 6.07) is 15.1. The summed E-state index contributed by atoms with van der Waals surface area (Å²) in [5, 5.41) is 4.29. The van der Waals surface area contributed by atoms with Crippen LogP contribution in [0.5, 0.6) is 0 Å². The van der Waals surface area contributed by atoms with E-state index < -0.39 is 0 Å². The SMILES string of the molecule is C=C(NC)c1ccc(Cn2ccc3ccc(C4=CCCCC4)nc32)cc1. The third kappa shape index (κ3) is 3.30. The normalized spacial score (nSPS) is 14.3. The van der Waals surface area contributed by atoms with Gasteiger partial charge < -0.3 is 9.88 Å². The Morgan fingerprint density at radius 3 is 2.69 bits per heavy atom. The molecule has 1 N–H and O–H groups in total. The smallest absolute Gasteiger partial charge is 0.140 e. The van der Waals surface area contributed by atoms with E-state index >= 15 is 0 Å². The highest BCUT2D eigenvalue weighted by atomic mass is 15.0. The zero-order valence-electron chi connectivity index (χ0n) is 15.3. The summed E-state index contributed by atoms with van der Waals surface area (Å²) in [4.78, 5) is 4.98. The van der Waals surface area contributed by atoms with Gasteiger partial charge in [-0.25, -0.2) is 4.98 Å². The number of nitrogens with one attached hydrogen (secondary N) is 1. The van der Waals surface area contributed by atoms with E-state index in [1.807, 2.05) is 7.05 Å². The van der Waals surface area contributed by atoms with Crippen LogP contribution in [0, 0.1) is 0 Å². The first-order chi connectivity index (χ1) is 12.7. The molecule has 0 radical (unpaired) electrons. The van der Waals surface area contributed by atoms with E-state index in [9.17, 15) is 0 Å². The minimum atomic E-state index is 0.825. The summed E-state index contributed by atoms with van der Waals surface area (Å²) >= 11 is 0. The van der Waals surface area contributed by atoms with E-state index in [4.69, 9.17) is 4.98 Å². The average molecular weight is 343 g/mol. The number of allylic oxidation sites excluding steroid dienone is 2. The zero-order chi connectivity index (χ0) is 17.9. The largest absolute Gasteiger partial charge is 0.388 e. The van der Waals surface area contributed by atoms with Gasteiger partial charge in [-0.15, -0.1) is 0 Å². The molecule has 1 aliphatic carbocycles. The molecule has 3 nitrogen and oxygen atoms in total. The highest BCUT2D eigenvalue weighted by molar-refractivity contribution is 5.79. The Morgan fingerprint density at radius 2 is 1.96 bits per heavy atom. The second-order valence-corrected chi connectivity index (χ2v) is 6.95. The van der Waals surface area contributed by atoms with Gasteiger partial charge in [0.05, 0.1) is 5.69 Å². The lowest BCUT2D eigenvalue weighted by Gasteiger charge is -2.13. The second-order valence-electron chi connectivity index (χ2n) is 6.95. The lowest BCUT2D eigenvalue weighted by atomic mass is 9.97. The minimum Gasteiger partial charge on any atom is -0.388 e. The second kappa shape index (κ2) is 7.20. The Bertz CT molecular complexity index is 961. The molecule has 0 fully saturated rings. The van der Waals surface area contributed by atoms with Crippen LogP contribution < -0.4 is 5.32 Å². The molecule has 0 saturated carbocycles. The number of benzene rings is 1. The van der Waals surface area contributed by atoms with Gasteiger partial charge in [0.1, 0.15) is 5.65 Å². The molecule has 0 spiro atoms. The lowest BCUT2D eigenvalue weighted by Crippen LogP contribution is -2.04. The highest BCUT2D eigenvalue weighted by Crippen LogP contribution is 2.27. The molecule has 0 saturated heterocycles. The molecular weight excluding hydrogens is 318 g/mol. The summed E-state index contributed by atoms with van der Waals surface area (Å²) in [6.45, 7) is 4.84. The number of hydrogen-bond donors (Lipinski definition) is 1. The molecule has 2 aromatic heterocycles. The van der Waals surface area contributed by atoms with Crippen molar-refractivity contribution in [1.29, 1.82) is 0 Å². The van der Waals surface area contributed by atoms with Crippen LogP contribution in [0.4, 0.5) is 0 Å². The fourth-order valence-corrected chi connectivity index (χ4v) is 3.59. The van der Waals surface area contributed by atoms with Gasteiger partial charge in [-0.3, -0.25) is 0 Å². The van der Waals surface area contributed by atoms with Crippen molar-refractivity contribution >= 4 is 22.3 Å². The standard InChI is InChI=1S/C23H25N3/c1-17(24-2)19-10-8-18(9-11-19)16-26-15-14-21-12-13-22(25-23(21)26)20-6-4-3-5-7-20/h6,8-15,24H,1,3-5,7,16H2,2H3. The van der Waals surface area contributed by atoms with E-state index in [-0.39, 0.29) is 0 Å². The van der Waals surface area contributed by atoms with Gasteiger partial charge in [0.2, 0.25) is 0 Å². The number of hydrogen-bond acceptors (Lipinski definition) is 2. The minimum absolute atomic E-state index is 0.825. The third-order valence-electron chi connectivity index (χ3n) is 5.19. The average Bonchev–Trinajstić information content (AvgIpc) is 3.10. The Balaban J connectivity index is 1.62. The topological polar surface area (TPSA) is 29.9 Å². The summed E-state index contributed by atoms with van der Waals surface area (Å²) in [7, 11) is 1.90. The van der Waals surface area contributed by atoms with Crippen LogP contribution in [0.2, 0.25) is 0 Å². The zero-order valence-corrected chi connectivity index (χ0v) is 15.3. The Labute approximate surface area is 155 Å². The van der Waals surface area contributed by atoms with Gasteiger partial charge in [-0.1, -0.05) is 36.9 Å². The maximum absolute atomic E-state index is 4.98. The van der Waals surface area contributed by atoms with Crippen LogP contribution in [0.25, 0.3) is 22.3 Å². The Morgan fingerprint density at radius 1 is 1.12 bits per heavy atom. The molecule has 2 heterocycles. The maximum Gasteiger partial charge on any atom is 0.140 e. The number of nitrogens with zero attached hydrogens (tertiary/aromatic N) is 2. The fraction of sp³-hybridized carbons (Fsp3) is 0.261. The first kappa shape index (κ1) is 16.6. The molecule has 1 aliphatic rings. The lowest BCUT2D eigenvalue weighted by molar-refractivity contribution is 0.739. The molecule has 1 aromatic carbocycles. The summed E-state index contributed by atoms with van der Waals surface area (Å²) in [5.74, 6) is 0. The molecule has 0 unspecified atom stereocenters. The maximum atomic E-state index is 4.98. The van der Waals surface area contributed by atoms with Gasteiger partial charge in [0, 0.05) is 30.9 Å².